The molecule has 1 aromatic carbocycles. The highest BCUT2D eigenvalue weighted by Crippen LogP contribution is 2.28. The molecule has 30 heavy (non-hydrogen) atoms. The summed E-state index contributed by atoms with van der Waals surface area (Å²) in [7, 11) is -1.38. The first-order chi connectivity index (χ1) is 14.3. The Labute approximate surface area is 179 Å². The van der Waals surface area contributed by atoms with Gasteiger partial charge in [0.2, 0.25) is 10.0 Å². The summed E-state index contributed by atoms with van der Waals surface area (Å²) >= 11 is 1.53. The van der Waals surface area contributed by atoms with Gasteiger partial charge in [-0.15, -0.1) is 11.3 Å². The molecule has 1 N–H and O–H groups in total. The standard InChI is InChI=1S/C20H23N3O5S2/c1-13-10-14(2)23(22-13)16(18-6-5-9-29-18)12-21-30(25,26)19-11-15(20(24)28-4)7-8-17(19)27-3/h5-11,16,21H,12H2,1-4H3. The maximum absolute atomic E-state index is 13.1. The van der Waals surface area contributed by atoms with Crippen molar-refractivity contribution in [1.82, 2.24) is 14.5 Å². The first kappa shape index (κ1) is 22.0. The fourth-order valence-electron chi connectivity index (χ4n) is 3.15. The summed E-state index contributed by atoms with van der Waals surface area (Å²) in [6.07, 6.45) is 0. The lowest BCUT2D eigenvalue weighted by Crippen LogP contribution is -2.32. The molecule has 0 saturated heterocycles. The molecule has 8 nitrogen and oxygen atoms in total. The quantitative estimate of drug-likeness (QED) is 0.531. The van der Waals surface area contributed by atoms with Crippen molar-refractivity contribution >= 4 is 27.3 Å². The second kappa shape index (κ2) is 8.99. The van der Waals surface area contributed by atoms with E-state index in [9.17, 15) is 13.2 Å². The molecule has 0 saturated carbocycles. The Morgan fingerprint density at radius 1 is 1.23 bits per heavy atom. The van der Waals surface area contributed by atoms with Crippen molar-refractivity contribution in [1.29, 1.82) is 0 Å². The molecule has 3 rings (SSSR count). The SMILES string of the molecule is COC(=O)c1ccc(OC)c(S(=O)(=O)NCC(c2cccs2)n2nc(C)cc2C)c1. The van der Waals surface area contributed by atoms with E-state index < -0.39 is 16.0 Å². The summed E-state index contributed by atoms with van der Waals surface area (Å²) in [5.74, 6) is -0.498. The number of ether oxygens (including phenoxy) is 2. The van der Waals surface area contributed by atoms with Crippen LogP contribution in [-0.4, -0.2) is 44.9 Å². The summed E-state index contributed by atoms with van der Waals surface area (Å²) in [6, 6.07) is 9.61. The molecule has 2 aromatic heterocycles. The summed E-state index contributed by atoms with van der Waals surface area (Å²) in [6.45, 7) is 3.90. The number of aryl methyl sites for hydroxylation is 2. The molecule has 160 valence electrons. The number of hydrogen-bond donors (Lipinski definition) is 1. The Balaban J connectivity index is 1.94. The number of aromatic nitrogens is 2. The van der Waals surface area contributed by atoms with Crippen molar-refractivity contribution in [3.8, 4) is 5.75 Å². The van der Waals surface area contributed by atoms with Gasteiger partial charge in [-0.2, -0.15) is 5.10 Å². The van der Waals surface area contributed by atoms with Crippen LogP contribution in [0.5, 0.6) is 5.75 Å². The summed E-state index contributed by atoms with van der Waals surface area (Å²) in [4.78, 5) is 12.7. The van der Waals surface area contributed by atoms with Crippen LogP contribution in [0, 0.1) is 13.8 Å². The average molecular weight is 450 g/mol. The number of methoxy groups -OCH3 is 2. The number of carbonyl (C=O) groups excluding carboxylic acids is 1. The molecule has 1 atom stereocenters. The molecular weight excluding hydrogens is 426 g/mol. The Morgan fingerprint density at radius 2 is 2.00 bits per heavy atom. The van der Waals surface area contributed by atoms with Gasteiger partial charge in [-0.1, -0.05) is 6.07 Å². The number of nitrogens with one attached hydrogen (secondary N) is 1. The highest BCUT2D eigenvalue weighted by atomic mass is 32.2. The van der Waals surface area contributed by atoms with Gasteiger partial charge in [0.1, 0.15) is 10.6 Å². The van der Waals surface area contributed by atoms with Crippen LogP contribution in [0.1, 0.15) is 32.7 Å². The van der Waals surface area contributed by atoms with Gasteiger partial charge < -0.3 is 9.47 Å². The summed E-state index contributed by atoms with van der Waals surface area (Å²) < 4.78 is 40.5. The van der Waals surface area contributed by atoms with Crippen LogP contribution in [0.3, 0.4) is 0 Å². The van der Waals surface area contributed by atoms with Crippen molar-refractivity contribution < 1.29 is 22.7 Å². The smallest absolute Gasteiger partial charge is 0.337 e. The molecule has 1 unspecified atom stereocenters. The van der Waals surface area contributed by atoms with Crippen LogP contribution in [0.2, 0.25) is 0 Å². The second-order valence-electron chi connectivity index (χ2n) is 6.61. The van der Waals surface area contributed by atoms with Gasteiger partial charge in [0.05, 0.1) is 31.5 Å². The van der Waals surface area contributed by atoms with E-state index in [1.54, 1.807) is 0 Å². The number of nitrogens with zero attached hydrogens (tertiary/aromatic N) is 2. The summed E-state index contributed by atoms with van der Waals surface area (Å²) in [5, 5.41) is 6.46. The average Bonchev–Trinajstić information content (AvgIpc) is 3.37. The predicted octanol–water partition coefficient (Wildman–Crippen LogP) is 2.92. The van der Waals surface area contributed by atoms with Crippen molar-refractivity contribution in [3.63, 3.8) is 0 Å². The normalized spacial score (nSPS) is 12.5. The monoisotopic (exact) mass is 449 g/mol. The lowest BCUT2D eigenvalue weighted by atomic mass is 10.2. The number of hydrogen-bond acceptors (Lipinski definition) is 7. The van der Waals surface area contributed by atoms with Crippen molar-refractivity contribution in [3.05, 3.63) is 63.6 Å². The largest absolute Gasteiger partial charge is 0.495 e. The van der Waals surface area contributed by atoms with Crippen molar-refractivity contribution in [2.75, 3.05) is 20.8 Å². The van der Waals surface area contributed by atoms with Gasteiger partial charge in [0.25, 0.3) is 0 Å². The topological polar surface area (TPSA) is 99.5 Å². The highest BCUT2D eigenvalue weighted by Gasteiger charge is 2.25. The predicted molar refractivity (Wildman–Crippen MR) is 114 cm³/mol. The Kier molecular flexibility index (Phi) is 6.59. The molecule has 2 heterocycles. The van der Waals surface area contributed by atoms with Gasteiger partial charge in [-0.05, 0) is 49.6 Å². The van der Waals surface area contributed by atoms with Crippen molar-refractivity contribution in [2.24, 2.45) is 0 Å². The van der Waals surface area contributed by atoms with E-state index in [0.29, 0.717) is 0 Å². The molecule has 0 fully saturated rings. The van der Waals surface area contributed by atoms with Gasteiger partial charge in [0.15, 0.2) is 0 Å². The van der Waals surface area contributed by atoms with E-state index in [1.165, 1.54) is 43.8 Å². The number of rotatable bonds is 8. The van der Waals surface area contributed by atoms with Crippen LogP contribution in [0.4, 0.5) is 0 Å². The van der Waals surface area contributed by atoms with Gasteiger partial charge in [0, 0.05) is 17.1 Å². The molecule has 0 aliphatic heterocycles. The fourth-order valence-corrected chi connectivity index (χ4v) is 5.19. The molecule has 0 bridgehead atoms. The molecule has 0 aliphatic rings. The zero-order valence-corrected chi connectivity index (χ0v) is 18.7. The van der Waals surface area contributed by atoms with Gasteiger partial charge in [-0.25, -0.2) is 17.9 Å². The maximum atomic E-state index is 13.1. The number of benzene rings is 1. The minimum absolute atomic E-state index is 0.0798. The number of carbonyl (C=O) groups is 1. The third-order valence-electron chi connectivity index (χ3n) is 4.55. The van der Waals surface area contributed by atoms with Crippen molar-refractivity contribution in [2.45, 2.75) is 24.8 Å². The molecule has 0 aliphatic carbocycles. The van der Waals surface area contributed by atoms with Crippen LogP contribution in [0.25, 0.3) is 0 Å². The van der Waals surface area contributed by atoms with Crippen LogP contribution in [-0.2, 0) is 14.8 Å². The van der Waals surface area contributed by atoms with Crippen LogP contribution in [0.15, 0.2) is 46.7 Å². The first-order valence-corrected chi connectivity index (χ1v) is 11.4. The lowest BCUT2D eigenvalue weighted by molar-refractivity contribution is 0.0600. The number of sulfonamides is 1. The minimum Gasteiger partial charge on any atom is -0.495 e. The third-order valence-corrected chi connectivity index (χ3v) is 6.97. The molecule has 10 heteroatoms. The number of thiophene rings is 1. The maximum Gasteiger partial charge on any atom is 0.337 e. The van der Waals surface area contributed by atoms with E-state index in [4.69, 9.17) is 9.47 Å². The first-order valence-electron chi connectivity index (χ1n) is 9.09. The Hall–Kier alpha value is -2.69. The zero-order valence-electron chi connectivity index (χ0n) is 17.1. The summed E-state index contributed by atoms with van der Waals surface area (Å²) in [5.41, 5.74) is 1.90. The van der Waals surface area contributed by atoms with E-state index in [2.05, 4.69) is 9.82 Å². The van der Waals surface area contributed by atoms with E-state index in [1.807, 2.05) is 42.1 Å². The Bertz CT molecular complexity index is 1140. The van der Waals surface area contributed by atoms with Crippen LogP contribution >= 0.6 is 11.3 Å². The second-order valence-corrected chi connectivity index (χ2v) is 9.33. The molecule has 3 aromatic rings. The van der Waals surface area contributed by atoms with Gasteiger partial charge in [-0.3, -0.25) is 4.68 Å². The van der Waals surface area contributed by atoms with Crippen LogP contribution < -0.4 is 9.46 Å². The Morgan fingerprint density at radius 3 is 2.57 bits per heavy atom. The third kappa shape index (κ3) is 4.55. The van der Waals surface area contributed by atoms with E-state index >= 15 is 0 Å². The van der Waals surface area contributed by atoms with Gasteiger partial charge >= 0.3 is 5.97 Å². The van der Waals surface area contributed by atoms with E-state index in [0.717, 1.165) is 16.3 Å². The molecule has 0 spiro atoms. The zero-order chi connectivity index (χ0) is 21.9. The number of esters is 1. The highest BCUT2D eigenvalue weighted by molar-refractivity contribution is 7.89. The minimum atomic E-state index is -3.99. The lowest BCUT2D eigenvalue weighted by Gasteiger charge is -2.19. The fraction of sp³-hybridized carbons (Fsp3) is 0.300. The molecule has 0 radical (unpaired) electrons. The van der Waals surface area contributed by atoms with E-state index in [-0.39, 0.29) is 28.8 Å². The molecular formula is C20H23N3O5S2. The molecule has 0 amide bonds.